The van der Waals surface area contributed by atoms with Gasteiger partial charge in [-0.3, -0.25) is 4.90 Å². The Kier molecular flexibility index (Phi) is 5.11. The van der Waals surface area contributed by atoms with Crippen LogP contribution in [0, 0.1) is 0 Å². The molecule has 0 atom stereocenters. The summed E-state index contributed by atoms with van der Waals surface area (Å²) in [6.07, 6.45) is 0. The van der Waals surface area contributed by atoms with Gasteiger partial charge in [0, 0.05) is 37.4 Å². The van der Waals surface area contributed by atoms with Crippen molar-refractivity contribution in [3.05, 3.63) is 66.6 Å². The highest BCUT2D eigenvalue weighted by Crippen LogP contribution is 2.18. The Morgan fingerprint density at radius 3 is 2.30 bits per heavy atom. The molecule has 138 valence electrons. The highest BCUT2D eigenvalue weighted by molar-refractivity contribution is 5.89. The van der Waals surface area contributed by atoms with Crippen LogP contribution in [0.3, 0.4) is 0 Å². The summed E-state index contributed by atoms with van der Waals surface area (Å²) in [5.41, 5.74) is 1.72. The summed E-state index contributed by atoms with van der Waals surface area (Å²) in [6, 6.07) is 19.2. The second kappa shape index (κ2) is 8.01. The second-order valence-electron chi connectivity index (χ2n) is 6.43. The summed E-state index contributed by atoms with van der Waals surface area (Å²) in [5.74, 6) is 1.13. The topological polar surface area (TPSA) is 74.5 Å². The number of rotatable bonds is 4. The number of urea groups is 1. The Labute approximate surface area is 157 Å². The lowest BCUT2D eigenvalue weighted by Gasteiger charge is -2.33. The molecular weight excluding hydrogens is 342 g/mol. The minimum Gasteiger partial charge on any atom is -0.419 e. The molecule has 1 aliphatic rings. The Morgan fingerprint density at radius 2 is 1.59 bits per heavy atom. The predicted molar refractivity (Wildman–Crippen MR) is 102 cm³/mol. The van der Waals surface area contributed by atoms with Gasteiger partial charge in [0.05, 0.1) is 6.54 Å². The normalized spacial score (nSPS) is 14.9. The number of amides is 2. The molecule has 27 heavy (non-hydrogen) atoms. The summed E-state index contributed by atoms with van der Waals surface area (Å²) in [6.45, 7) is 3.46. The van der Waals surface area contributed by atoms with E-state index >= 15 is 0 Å². The Morgan fingerprint density at radius 1 is 0.926 bits per heavy atom. The number of benzene rings is 2. The summed E-state index contributed by atoms with van der Waals surface area (Å²) in [5, 5.41) is 11.2. The first-order valence-electron chi connectivity index (χ1n) is 8.99. The van der Waals surface area contributed by atoms with E-state index in [1.165, 1.54) is 0 Å². The van der Waals surface area contributed by atoms with Gasteiger partial charge in [-0.25, -0.2) is 4.79 Å². The predicted octanol–water partition coefficient (Wildman–Crippen LogP) is 3.09. The standard InChI is InChI=1S/C20H21N5O2/c26-20(21-17-9-5-2-6-10-17)25-13-11-24(12-14-25)15-18-22-23-19(27-18)16-7-3-1-4-8-16/h1-10H,11-15H2,(H,21,26). The summed E-state index contributed by atoms with van der Waals surface area (Å²) < 4.78 is 5.77. The molecule has 1 N–H and O–H groups in total. The Bertz CT molecular complexity index is 874. The van der Waals surface area contributed by atoms with Gasteiger partial charge in [-0.2, -0.15) is 0 Å². The van der Waals surface area contributed by atoms with Crippen LogP contribution in [0.5, 0.6) is 0 Å². The van der Waals surface area contributed by atoms with E-state index in [0.717, 1.165) is 24.3 Å². The van der Waals surface area contributed by atoms with Gasteiger partial charge < -0.3 is 14.6 Å². The molecule has 0 spiro atoms. The van der Waals surface area contributed by atoms with Crippen LogP contribution in [0.4, 0.5) is 10.5 Å². The number of carbonyl (C=O) groups excluding carboxylic acids is 1. The minimum absolute atomic E-state index is 0.0648. The number of anilines is 1. The SMILES string of the molecule is O=C(Nc1ccccc1)N1CCN(Cc2nnc(-c3ccccc3)o2)CC1. The van der Waals surface area contributed by atoms with Gasteiger partial charge >= 0.3 is 6.03 Å². The average Bonchev–Trinajstić information content (AvgIpc) is 3.18. The molecule has 0 saturated carbocycles. The van der Waals surface area contributed by atoms with Crippen molar-refractivity contribution in [1.29, 1.82) is 0 Å². The number of aromatic nitrogens is 2. The number of nitrogens with one attached hydrogen (secondary N) is 1. The van der Waals surface area contributed by atoms with Crippen LogP contribution in [-0.4, -0.2) is 52.2 Å². The number of piperazine rings is 1. The molecule has 0 unspecified atom stereocenters. The Hall–Kier alpha value is -3.19. The van der Waals surface area contributed by atoms with E-state index in [2.05, 4.69) is 20.4 Å². The van der Waals surface area contributed by atoms with Crippen molar-refractivity contribution in [3.63, 3.8) is 0 Å². The quantitative estimate of drug-likeness (QED) is 0.771. The molecule has 1 aliphatic heterocycles. The van der Waals surface area contributed by atoms with Gasteiger partial charge in [0.1, 0.15) is 0 Å². The third kappa shape index (κ3) is 4.32. The maximum atomic E-state index is 12.3. The van der Waals surface area contributed by atoms with Crippen LogP contribution in [0.25, 0.3) is 11.5 Å². The fourth-order valence-corrected chi connectivity index (χ4v) is 3.04. The summed E-state index contributed by atoms with van der Waals surface area (Å²) >= 11 is 0. The highest BCUT2D eigenvalue weighted by Gasteiger charge is 2.22. The molecule has 1 fully saturated rings. The van der Waals surface area contributed by atoms with E-state index in [0.29, 0.717) is 31.4 Å². The largest absolute Gasteiger partial charge is 0.419 e. The van der Waals surface area contributed by atoms with E-state index in [4.69, 9.17) is 4.42 Å². The van der Waals surface area contributed by atoms with E-state index in [-0.39, 0.29) is 6.03 Å². The van der Waals surface area contributed by atoms with E-state index in [1.807, 2.05) is 65.6 Å². The highest BCUT2D eigenvalue weighted by atomic mass is 16.4. The number of hydrogen-bond donors (Lipinski definition) is 1. The van der Waals surface area contributed by atoms with Gasteiger partial charge in [0.2, 0.25) is 11.8 Å². The van der Waals surface area contributed by atoms with Crippen molar-refractivity contribution in [2.24, 2.45) is 0 Å². The smallest absolute Gasteiger partial charge is 0.321 e. The number of carbonyl (C=O) groups is 1. The van der Waals surface area contributed by atoms with Gasteiger partial charge in [-0.1, -0.05) is 36.4 Å². The summed E-state index contributed by atoms with van der Waals surface area (Å²) in [4.78, 5) is 16.4. The molecule has 0 radical (unpaired) electrons. The van der Waals surface area contributed by atoms with Gasteiger partial charge in [0.25, 0.3) is 0 Å². The minimum atomic E-state index is -0.0648. The Balaban J connectivity index is 1.28. The number of nitrogens with zero attached hydrogens (tertiary/aromatic N) is 4. The lowest BCUT2D eigenvalue weighted by molar-refractivity contribution is 0.136. The first-order valence-corrected chi connectivity index (χ1v) is 8.99. The second-order valence-corrected chi connectivity index (χ2v) is 6.43. The van der Waals surface area contributed by atoms with Crippen molar-refractivity contribution in [2.45, 2.75) is 6.54 Å². The summed E-state index contributed by atoms with van der Waals surface area (Å²) in [7, 11) is 0. The molecule has 7 nitrogen and oxygen atoms in total. The van der Waals surface area contributed by atoms with E-state index in [9.17, 15) is 4.79 Å². The van der Waals surface area contributed by atoms with Crippen LogP contribution in [0.1, 0.15) is 5.89 Å². The van der Waals surface area contributed by atoms with Gasteiger partial charge in [0.15, 0.2) is 0 Å². The molecule has 2 amide bonds. The molecular formula is C20H21N5O2. The molecule has 0 bridgehead atoms. The maximum Gasteiger partial charge on any atom is 0.321 e. The van der Waals surface area contributed by atoms with Crippen LogP contribution in [0.15, 0.2) is 65.1 Å². The molecule has 4 rings (SSSR count). The van der Waals surface area contributed by atoms with Crippen molar-refractivity contribution in [2.75, 3.05) is 31.5 Å². The molecule has 0 aliphatic carbocycles. The van der Waals surface area contributed by atoms with Crippen LogP contribution < -0.4 is 5.32 Å². The third-order valence-electron chi connectivity index (χ3n) is 4.53. The zero-order chi connectivity index (χ0) is 18.5. The van der Waals surface area contributed by atoms with Crippen molar-refractivity contribution < 1.29 is 9.21 Å². The fourth-order valence-electron chi connectivity index (χ4n) is 3.04. The van der Waals surface area contributed by atoms with Crippen molar-refractivity contribution in [3.8, 4) is 11.5 Å². The molecule has 2 heterocycles. The molecule has 7 heteroatoms. The first-order chi connectivity index (χ1) is 13.3. The van der Waals surface area contributed by atoms with E-state index < -0.39 is 0 Å². The van der Waals surface area contributed by atoms with Crippen LogP contribution >= 0.6 is 0 Å². The zero-order valence-corrected chi connectivity index (χ0v) is 14.9. The molecule has 1 aromatic heterocycles. The lowest BCUT2D eigenvalue weighted by Crippen LogP contribution is -2.49. The third-order valence-corrected chi connectivity index (χ3v) is 4.53. The van der Waals surface area contributed by atoms with Gasteiger partial charge in [-0.05, 0) is 24.3 Å². The lowest BCUT2D eigenvalue weighted by atomic mass is 10.2. The molecule has 1 saturated heterocycles. The molecule has 2 aromatic carbocycles. The first kappa shape index (κ1) is 17.2. The van der Waals surface area contributed by atoms with Crippen LogP contribution in [-0.2, 0) is 6.54 Å². The van der Waals surface area contributed by atoms with E-state index in [1.54, 1.807) is 0 Å². The van der Waals surface area contributed by atoms with Gasteiger partial charge in [-0.15, -0.1) is 10.2 Å². The monoisotopic (exact) mass is 363 g/mol. The number of para-hydroxylation sites is 1. The van der Waals surface area contributed by atoms with Crippen molar-refractivity contribution in [1.82, 2.24) is 20.0 Å². The van der Waals surface area contributed by atoms with Crippen molar-refractivity contribution >= 4 is 11.7 Å². The maximum absolute atomic E-state index is 12.3. The number of hydrogen-bond acceptors (Lipinski definition) is 5. The fraction of sp³-hybridized carbons (Fsp3) is 0.250. The van der Waals surface area contributed by atoms with Crippen LogP contribution in [0.2, 0.25) is 0 Å². The molecule has 3 aromatic rings. The average molecular weight is 363 g/mol. The zero-order valence-electron chi connectivity index (χ0n) is 14.9.